The van der Waals surface area contributed by atoms with Crippen LogP contribution in [0.2, 0.25) is 0 Å². The van der Waals surface area contributed by atoms with E-state index in [1.54, 1.807) is 0 Å². The molecule has 0 aromatic rings. The fourth-order valence-corrected chi connectivity index (χ4v) is 3.27. The molecule has 0 spiro atoms. The average molecular weight is 294 g/mol. The van der Waals surface area contributed by atoms with Gasteiger partial charge in [0.15, 0.2) is 0 Å². The number of carbonyl (C=O) groups is 2. The summed E-state index contributed by atoms with van der Waals surface area (Å²) in [5.74, 6) is 0.615. The van der Waals surface area contributed by atoms with Crippen LogP contribution in [-0.2, 0) is 9.59 Å². The molecule has 21 heavy (non-hydrogen) atoms. The van der Waals surface area contributed by atoms with Gasteiger partial charge < -0.3 is 10.2 Å². The standard InChI is InChI=1S/C17H30N2O2/c1-3-5-6-7-8-9-12-19-14(4-2)16(20)18-15(17(19)21)13-10-11-13/h13-15H,3-12H2,1-2H3,(H,18,20). The van der Waals surface area contributed by atoms with E-state index in [2.05, 4.69) is 12.2 Å². The number of nitrogens with one attached hydrogen (secondary N) is 1. The van der Waals surface area contributed by atoms with Crippen LogP contribution in [0.3, 0.4) is 0 Å². The molecular weight excluding hydrogens is 264 g/mol. The Morgan fingerprint density at radius 3 is 2.33 bits per heavy atom. The van der Waals surface area contributed by atoms with Crippen LogP contribution in [0.4, 0.5) is 0 Å². The molecule has 2 unspecified atom stereocenters. The van der Waals surface area contributed by atoms with E-state index in [-0.39, 0.29) is 23.9 Å². The first kappa shape index (κ1) is 16.3. The minimum atomic E-state index is -0.247. The predicted molar refractivity (Wildman–Crippen MR) is 83.8 cm³/mol. The molecule has 2 rings (SSSR count). The number of amides is 2. The van der Waals surface area contributed by atoms with Gasteiger partial charge in [-0.15, -0.1) is 0 Å². The van der Waals surface area contributed by atoms with Crippen molar-refractivity contribution >= 4 is 11.8 Å². The molecule has 2 fully saturated rings. The molecule has 0 bridgehead atoms. The first-order valence-corrected chi connectivity index (χ1v) is 8.79. The van der Waals surface area contributed by atoms with Gasteiger partial charge in [0.25, 0.3) is 0 Å². The van der Waals surface area contributed by atoms with Crippen molar-refractivity contribution in [3.8, 4) is 0 Å². The van der Waals surface area contributed by atoms with Crippen LogP contribution in [0.25, 0.3) is 0 Å². The second-order valence-corrected chi connectivity index (χ2v) is 6.55. The molecule has 1 saturated heterocycles. The van der Waals surface area contributed by atoms with Crippen LogP contribution in [0.1, 0.15) is 71.6 Å². The first-order valence-electron chi connectivity index (χ1n) is 8.79. The lowest BCUT2D eigenvalue weighted by molar-refractivity contribution is -0.150. The highest BCUT2D eigenvalue weighted by Crippen LogP contribution is 2.35. The molecular formula is C17H30N2O2. The molecule has 0 radical (unpaired) electrons. The van der Waals surface area contributed by atoms with Crippen molar-refractivity contribution in [2.24, 2.45) is 5.92 Å². The van der Waals surface area contributed by atoms with Crippen LogP contribution >= 0.6 is 0 Å². The Morgan fingerprint density at radius 1 is 1.05 bits per heavy atom. The zero-order valence-corrected chi connectivity index (χ0v) is 13.6. The highest BCUT2D eigenvalue weighted by Gasteiger charge is 2.45. The lowest BCUT2D eigenvalue weighted by Gasteiger charge is -2.39. The molecule has 2 amide bonds. The maximum absolute atomic E-state index is 12.6. The van der Waals surface area contributed by atoms with E-state index in [0.29, 0.717) is 12.3 Å². The molecule has 2 atom stereocenters. The number of hydrogen-bond donors (Lipinski definition) is 1. The van der Waals surface area contributed by atoms with Gasteiger partial charge in [-0.05, 0) is 31.6 Å². The minimum Gasteiger partial charge on any atom is -0.342 e. The largest absolute Gasteiger partial charge is 0.342 e. The topological polar surface area (TPSA) is 49.4 Å². The molecule has 2 aliphatic rings. The Labute approximate surface area is 128 Å². The van der Waals surface area contributed by atoms with Crippen molar-refractivity contribution in [1.29, 1.82) is 0 Å². The van der Waals surface area contributed by atoms with E-state index in [9.17, 15) is 9.59 Å². The van der Waals surface area contributed by atoms with E-state index in [1.165, 1.54) is 25.7 Å². The minimum absolute atomic E-state index is 0.0555. The van der Waals surface area contributed by atoms with E-state index in [1.807, 2.05) is 11.8 Å². The van der Waals surface area contributed by atoms with E-state index >= 15 is 0 Å². The van der Waals surface area contributed by atoms with Gasteiger partial charge in [0.05, 0.1) is 0 Å². The summed E-state index contributed by atoms with van der Waals surface area (Å²) < 4.78 is 0. The quantitative estimate of drug-likeness (QED) is 0.665. The number of hydrogen-bond acceptors (Lipinski definition) is 2. The van der Waals surface area contributed by atoms with Crippen LogP contribution < -0.4 is 5.32 Å². The number of unbranched alkanes of at least 4 members (excludes halogenated alkanes) is 5. The second-order valence-electron chi connectivity index (χ2n) is 6.55. The Bertz CT molecular complexity index is 366. The van der Waals surface area contributed by atoms with Crippen LogP contribution in [0.5, 0.6) is 0 Å². The van der Waals surface area contributed by atoms with Crippen molar-refractivity contribution < 1.29 is 9.59 Å². The van der Waals surface area contributed by atoms with Gasteiger partial charge in [-0.1, -0.05) is 46.0 Å². The van der Waals surface area contributed by atoms with Gasteiger partial charge in [0.2, 0.25) is 11.8 Å². The Balaban J connectivity index is 1.83. The maximum Gasteiger partial charge on any atom is 0.246 e. The molecule has 4 nitrogen and oxygen atoms in total. The number of carbonyl (C=O) groups excluding carboxylic acids is 2. The number of piperazine rings is 1. The average Bonchev–Trinajstić information content (AvgIpc) is 3.30. The van der Waals surface area contributed by atoms with Gasteiger partial charge in [-0.2, -0.15) is 0 Å². The Morgan fingerprint density at radius 2 is 1.71 bits per heavy atom. The molecule has 4 heteroatoms. The van der Waals surface area contributed by atoms with Crippen molar-refractivity contribution in [2.45, 2.75) is 83.7 Å². The second kappa shape index (κ2) is 7.81. The lowest BCUT2D eigenvalue weighted by Crippen LogP contribution is -2.63. The van der Waals surface area contributed by atoms with Crippen molar-refractivity contribution in [3.63, 3.8) is 0 Å². The third-order valence-corrected chi connectivity index (χ3v) is 4.76. The zero-order chi connectivity index (χ0) is 15.2. The summed E-state index contributed by atoms with van der Waals surface area (Å²) in [4.78, 5) is 26.7. The van der Waals surface area contributed by atoms with E-state index in [4.69, 9.17) is 0 Å². The summed E-state index contributed by atoms with van der Waals surface area (Å²) >= 11 is 0. The normalized spacial score (nSPS) is 26.1. The summed E-state index contributed by atoms with van der Waals surface area (Å²) in [6.45, 7) is 4.96. The molecule has 0 aromatic carbocycles. The van der Waals surface area contributed by atoms with Crippen LogP contribution in [-0.4, -0.2) is 35.3 Å². The number of nitrogens with zero attached hydrogens (tertiary/aromatic N) is 1. The van der Waals surface area contributed by atoms with Gasteiger partial charge in [0, 0.05) is 6.54 Å². The summed E-state index contributed by atoms with van der Waals surface area (Å²) in [7, 11) is 0. The summed E-state index contributed by atoms with van der Waals surface area (Å²) in [5, 5.41) is 2.95. The SMILES string of the molecule is CCCCCCCCN1C(=O)C(C2CC2)NC(=O)C1CC. The van der Waals surface area contributed by atoms with E-state index < -0.39 is 0 Å². The number of rotatable bonds is 9. The lowest BCUT2D eigenvalue weighted by atomic mass is 10.0. The Kier molecular flexibility index (Phi) is 6.07. The van der Waals surface area contributed by atoms with Gasteiger partial charge in [-0.25, -0.2) is 0 Å². The molecule has 1 heterocycles. The zero-order valence-electron chi connectivity index (χ0n) is 13.6. The van der Waals surface area contributed by atoms with Crippen molar-refractivity contribution in [1.82, 2.24) is 10.2 Å². The highest BCUT2D eigenvalue weighted by atomic mass is 16.2. The summed E-state index contributed by atoms with van der Waals surface area (Å²) in [6, 6.07) is -0.483. The highest BCUT2D eigenvalue weighted by molar-refractivity contribution is 5.97. The van der Waals surface area contributed by atoms with Crippen molar-refractivity contribution in [3.05, 3.63) is 0 Å². The van der Waals surface area contributed by atoms with Gasteiger partial charge in [0.1, 0.15) is 12.1 Å². The van der Waals surface area contributed by atoms with Crippen molar-refractivity contribution in [2.75, 3.05) is 6.54 Å². The van der Waals surface area contributed by atoms with Gasteiger partial charge >= 0.3 is 0 Å². The monoisotopic (exact) mass is 294 g/mol. The molecule has 120 valence electrons. The maximum atomic E-state index is 12.6. The molecule has 1 N–H and O–H groups in total. The molecule has 1 saturated carbocycles. The molecule has 0 aromatic heterocycles. The summed E-state index contributed by atoms with van der Waals surface area (Å²) in [6.07, 6.45) is 10.1. The molecule has 1 aliphatic carbocycles. The third kappa shape index (κ3) is 4.21. The molecule has 1 aliphatic heterocycles. The van der Waals surface area contributed by atoms with Gasteiger partial charge in [-0.3, -0.25) is 9.59 Å². The fraction of sp³-hybridized carbons (Fsp3) is 0.882. The first-order chi connectivity index (χ1) is 10.2. The fourth-order valence-electron chi connectivity index (χ4n) is 3.27. The summed E-state index contributed by atoms with van der Waals surface area (Å²) in [5.41, 5.74) is 0. The Hall–Kier alpha value is -1.06. The van der Waals surface area contributed by atoms with Crippen LogP contribution in [0, 0.1) is 5.92 Å². The predicted octanol–water partition coefficient (Wildman–Crippen LogP) is 2.86. The smallest absolute Gasteiger partial charge is 0.246 e. The van der Waals surface area contributed by atoms with Crippen LogP contribution in [0.15, 0.2) is 0 Å². The van der Waals surface area contributed by atoms with E-state index in [0.717, 1.165) is 32.2 Å². The third-order valence-electron chi connectivity index (χ3n) is 4.76.